The number of halogens is 6. The van der Waals surface area contributed by atoms with E-state index in [2.05, 4.69) is 15.9 Å². The molecule has 0 aromatic heterocycles. The maximum absolute atomic E-state index is 14.6. The van der Waals surface area contributed by atoms with Gasteiger partial charge in [-0.2, -0.15) is 0 Å². The average Bonchev–Trinajstić information content (AvgIpc) is 2.87. The van der Waals surface area contributed by atoms with Gasteiger partial charge in [-0.3, -0.25) is 0 Å². The number of alkyl halides is 2. The van der Waals surface area contributed by atoms with E-state index in [0.717, 1.165) is 0 Å². The summed E-state index contributed by atoms with van der Waals surface area (Å²) in [6.07, 6.45) is -2.49. The normalized spacial score (nSPS) is 49.1. The van der Waals surface area contributed by atoms with Gasteiger partial charge in [0.1, 0.15) is 12.2 Å². The van der Waals surface area contributed by atoms with Crippen molar-refractivity contribution >= 4 is 15.9 Å². The number of fused-ring (bicyclic) bond motifs is 5. The minimum atomic E-state index is -3.27. The van der Waals surface area contributed by atoms with Gasteiger partial charge in [0.2, 0.25) is 11.3 Å². The van der Waals surface area contributed by atoms with Crippen molar-refractivity contribution in [3.05, 3.63) is 22.0 Å². The van der Waals surface area contributed by atoms with Gasteiger partial charge in [-0.25, -0.2) is 22.0 Å². The molecule has 0 aromatic rings. The molecule has 4 atom stereocenters. The molecule has 2 bridgehead atoms. The molecule has 0 unspecified atom stereocenters. The van der Waals surface area contributed by atoms with Gasteiger partial charge in [-0.15, -0.1) is 0 Å². The Morgan fingerprint density at radius 2 is 1.53 bits per heavy atom. The minimum Gasteiger partial charge on any atom is -0.367 e. The van der Waals surface area contributed by atoms with Gasteiger partial charge in [0.25, 0.3) is 0 Å². The van der Waals surface area contributed by atoms with Crippen LogP contribution in [0.25, 0.3) is 0 Å². The molecule has 0 radical (unpaired) electrons. The molecule has 3 aliphatic rings. The summed E-state index contributed by atoms with van der Waals surface area (Å²) >= 11 is 2.49. The zero-order chi connectivity index (χ0) is 12.6. The Morgan fingerprint density at radius 3 is 2.12 bits per heavy atom. The number of hydrogen-bond acceptors (Lipinski definition) is 1. The molecule has 1 aliphatic carbocycles. The fourth-order valence-corrected chi connectivity index (χ4v) is 3.52. The van der Waals surface area contributed by atoms with Crippen molar-refractivity contribution < 1.29 is 26.7 Å². The molecule has 0 spiro atoms. The molecular formula is C10H6BrF5O. The van der Waals surface area contributed by atoms with E-state index in [1.54, 1.807) is 0 Å². The Kier molecular flexibility index (Phi) is 2.14. The maximum Gasteiger partial charge on any atom is 0.231 e. The molecule has 3 rings (SSSR count). The van der Waals surface area contributed by atoms with E-state index in [1.807, 2.05) is 0 Å². The van der Waals surface area contributed by atoms with Gasteiger partial charge in [-0.05, 0) is 28.8 Å². The lowest BCUT2D eigenvalue weighted by molar-refractivity contribution is -0.0142. The monoisotopic (exact) mass is 316 g/mol. The van der Waals surface area contributed by atoms with E-state index in [9.17, 15) is 22.0 Å². The minimum absolute atomic E-state index is 0.0788. The number of ether oxygens (including phenoxy) is 1. The molecule has 7 heteroatoms. The average molecular weight is 317 g/mol. The highest BCUT2D eigenvalue weighted by atomic mass is 79.9. The van der Waals surface area contributed by atoms with Crippen LogP contribution in [0.2, 0.25) is 0 Å². The lowest BCUT2D eigenvalue weighted by Crippen LogP contribution is -2.58. The summed E-state index contributed by atoms with van der Waals surface area (Å²) < 4.78 is 73.1. The molecule has 2 aliphatic heterocycles. The van der Waals surface area contributed by atoms with E-state index in [4.69, 9.17) is 4.74 Å². The van der Waals surface area contributed by atoms with Crippen LogP contribution in [0.4, 0.5) is 22.0 Å². The highest BCUT2D eigenvalue weighted by Crippen LogP contribution is 2.64. The van der Waals surface area contributed by atoms with Crippen LogP contribution in [0, 0.1) is 0 Å². The first-order valence-corrected chi connectivity index (χ1v) is 5.79. The van der Waals surface area contributed by atoms with Crippen molar-refractivity contribution in [3.8, 4) is 0 Å². The zero-order valence-corrected chi connectivity index (χ0v) is 9.83. The zero-order valence-electron chi connectivity index (χ0n) is 8.24. The number of hydrogen-bond donors (Lipinski definition) is 0. The van der Waals surface area contributed by atoms with Crippen LogP contribution in [0.5, 0.6) is 0 Å². The van der Waals surface area contributed by atoms with Crippen LogP contribution in [0.3, 0.4) is 0 Å². The molecule has 0 amide bonds. The second-order valence-corrected chi connectivity index (χ2v) is 5.16. The van der Waals surface area contributed by atoms with E-state index in [1.165, 1.54) is 0 Å². The van der Waals surface area contributed by atoms with Gasteiger partial charge < -0.3 is 4.74 Å². The fourth-order valence-electron chi connectivity index (χ4n) is 2.81. The van der Waals surface area contributed by atoms with E-state index in [-0.39, 0.29) is 12.8 Å². The van der Waals surface area contributed by atoms with Gasteiger partial charge in [-0.1, -0.05) is 0 Å². The predicted octanol–water partition coefficient (Wildman–Crippen LogP) is 3.70. The summed E-state index contributed by atoms with van der Waals surface area (Å²) in [7, 11) is 0. The first kappa shape index (κ1) is 11.6. The molecule has 2 saturated heterocycles. The Balaban J connectivity index is 2.29. The van der Waals surface area contributed by atoms with E-state index < -0.39 is 45.5 Å². The van der Waals surface area contributed by atoms with Crippen molar-refractivity contribution in [1.82, 2.24) is 0 Å². The van der Waals surface area contributed by atoms with Crippen molar-refractivity contribution in [2.45, 2.75) is 36.4 Å². The third kappa shape index (κ3) is 0.999. The van der Waals surface area contributed by atoms with E-state index in [0.29, 0.717) is 0 Å². The van der Waals surface area contributed by atoms with Gasteiger partial charge >= 0.3 is 0 Å². The summed E-state index contributed by atoms with van der Waals surface area (Å²) in [5.41, 5.74) is -6.28. The summed E-state index contributed by atoms with van der Waals surface area (Å²) in [5.74, 6) is -5.79. The Hall–Kier alpha value is -0.430. The topological polar surface area (TPSA) is 9.23 Å². The standard InChI is InChI=1S/C10H6BrF5O/c11-7-5(12)6(13)8(14)10(16)4-2-1-3(17-4)9(7,10)15/h3-4H,1-2H2/t3-,4+,9+,10+/m0/s1. The number of rotatable bonds is 0. The Bertz CT molecular complexity index is 433. The van der Waals surface area contributed by atoms with Gasteiger partial charge in [0, 0.05) is 0 Å². The third-order valence-corrected chi connectivity index (χ3v) is 4.58. The second kappa shape index (κ2) is 3.12. The number of allylic oxidation sites excluding steroid dienone is 2. The molecule has 2 fully saturated rings. The highest BCUT2D eigenvalue weighted by Gasteiger charge is 2.78. The first-order valence-electron chi connectivity index (χ1n) is 5.00. The summed E-state index contributed by atoms with van der Waals surface area (Å²) in [5, 5.41) is 0. The molecule has 94 valence electrons. The van der Waals surface area contributed by atoms with Crippen LogP contribution in [-0.2, 0) is 4.74 Å². The van der Waals surface area contributed by atoms with Crippen molar-refractivity contribution in [2.75, 3.05) is 0 Å². The quantitative estimate of drug-likeness (QED) is 0.619. The smallest absolute Gasteiger partial charge is 0.231 e. The van der Waals surface area contributed by atoms with Crippen LogP contribution in [0.1, 0.15) is 12.8 Å². The first-order chi connectivity index (χ1) is 7.85. The van der Waals surface area contributed by atoms with Crippen LogP contribution in [0.15, 0.2) is 22.0 Å². The Labute approximate surface area is 101 Å². The highest BCUT2D eigenvalue weighted by molar-refractivity contribution is 9.11. The molecule has 1 nitrogen and oxygen atoms in total. The molecule has 2 heterocycles. The molecule has 0 N–H and O–H groups in total. The van der Waals surface area contributed by atoms with Crippen LogP contribution >= 0.6 is 15.9 Å². The fraction of sp³-hybridized carbons (Fsp3) is 0.600. The predicted molar refractivity (Wildman–Crippen MR) is 51.9 cm³/mol. The van der Waals surface area contributed by atoms with Gasteiger partial charge in [0.15, 0.2) is 17.5 Å². The van der Waals surface area contributed by atoms with Crippen molar-refractivity contribution in [1.29, 1.82) is 0 Å². The summed E-state index contributed by atoms with van der Waals surface area (Å²) in [6, 6.07) is 0. The van der Waals surface area contributed by atoms with Crippen molar-refractivity contribution in [2.24, 2.45) is 0 Å². The third-order valence-electron chi connectivity index (χ3n) is 3.65. The van der Waals surface area contributed by atoms with Crippen LogP contribution in [-0.4, -0.2) is 23.5 Å². The van der Waals surface area contributed by atoms with Gasteiger partial charge in [0.05, 0.1) is 4.48 Å². The lowest BCUT2D eigenvalue weighted by atomic mass is 9.71. The Morgan fingerprint density at radius 1 is 1.00 bits per heavy atom. The molecule has 17 heavy (non-hydrogen) atoms. The molecular weight excluding hydrogens is 311 g/mol. The van der Waals surface area contributed by atoms with Crippen molar-refractivity contribution in [3.63, 3.8) is 0 Å². The van der Waals surface area contributed by atoms with E-state index >= 15 is 0 Å². The molecule has 0 saturated carbocycles. The largest absolute Gasteiger partial charge is 0.367 e. The second-order valence-electron chi connectivity index (χ2n) is 4.37. The summed E-state index contributed by atoms with van der Waals surface area (Å²) in [6.45, 7) is 0. The SMILES string of the molecule is FC1=C(Br)[C@]2(F)[C@@H]3CC[C@@H](O3)[C@@]2(F)C(F)=C1F. The van der Waals surface area contributed by atoms with Crippen LogP contribution < -0.4 is 0 Å². The lowest BCUT2D eigenvalue weighted by Gasteiger charge is -2.40. The molecule has 0 aromatic carbocycles. The summed E-state index contributed by atoms with van der Waals surface area (Å²) in [4.78, 5) is 0. The maximum atomic E-state index is 14.6.